The first kappa shape index (κ1) is 15.6. The number of hydrogen-bond acceptors (Lipinski definition) is 5. The number of rotatable bonds is 6. The van der Waals surface area contributed by atoms with E-state index in [1.807, 2.05) is 13.1 Å². The molecule has 0 saturated heterocycles. The van der Waals surface area contributed by atoms with Crippen LogP contribution in [-0.2, 0) is 9.59 Å². The zero-order valence-electron chi connectivity index (χ0n) is 12.2. The van der Waals surface area contributed by atoms with E-state index in [1.54, 1.807) is 35.4 Å². The molecule has 8 heteroatoms. The summed E-state index contributed by atoms with van der Waals surface area (Å²) in [5.41, 5.74) is 1.32. The van der Waals surface area contributed by atoms with Gasteiger partial charge in [-0.1, -0.05) is 6.07 Å². The smallest absolute Gasteiger partial charge is 0.313 e. The molecule has 0 radical (unpaired) electrons. The van der Waals surface area contributed by atoms with Crippen LogP contribution in [0.15, 0.2) is 36.9 Å². The van der Waals surface area contributed by atoms with Crippen molar-refractivity contribution in [3.05, 3.63) is 36.9 Å². The highest BCUT2D eigenvalue weighted by atomic mass is 16.2. The van der Waals surface area contributed by atoms with Crippen LogP contribution in [0.1, 0.15) is 6.42 Å². The van der Waals surface area contributed by atoms with Gasteiger partial charge in [0, 0.05) is 12.2 Å². The van der Waals surface area contributed by atoms with E-state index in [0.29, 0.717) is 12.2 Å². The van der Waals surface area contributed by atoms with Crippen LogP contribution in [0, 0.1) is 0 Å². The van der Waals surface area contributed by atoms with Gasteiger partial charge >= 0.3 is 11.8 Å². The number of aromatic nitrogens is 3. The number of amides is 2. The van der Waals surface area contributed by atoms with Crippen molar-refractivity contribution in [3.63, 3.8) is 0 Å². The average molecular weight is 302 g/mol. The molecule has 22 heavy (non-hydrogen) atoms. The van der Waals surface area contributed by atoms with Crippen LogP contribution in [0.3, 0.4) is 0 Å². The molecule has 1 aromatic heterocycles. The summed E-state index contributed by atoms with van der Waals surface area (Å²) in [6.07, 6.45) is 3.86. The van der Waals surface area contributed by atoms with Crippen molar-refractivity contribution in [2.45, 2.75) is 6.42 Å². The lowest BCUT2D eigenvalue weighted by atomic mass is 10.2. The summed E-state index contributed by atoms with van der Waals surface area (Å²) in [6, 6.07) is 7.06. The molecule has 2 rings (SSSR count). The monoisotopic (exact) mass is 302 g/mol. The maximum atomic E-state index is 11.8. The van der Waals surface area contributed by atoms with Gasteiger partial charge in [-0.3, -0.25) is 14.2 Å². The SMILES string of the molecule is CNCCCNC(=O)C(=O)Nc1cccc(-n2cnnc2)c1. The van der Waals surface area contributed by atoms with E-state index in [4.69, 9.17) is 0 Å². The van der Waals surface area contributed by atoms with Gasteiger partial charge in [-0.05, 0) is 38.2 Å². The zero-order chi connectivity index (χ0) is 15.8. The summed E-state index contributed by atoms with van der Waals surface area (Å²) in [6.45, 7) is 1.23. The first-order valence-corrected chi connectivity index (χ1v) is 6.89. The Kier molecular flexibility index (Phi) is 5.61. The Hall–Kier alpha value is -2.74. The van der Waals surface area contributed by atoms with E-state index in [1.165, 1.54) is 0 Å². The minimum absolute atomic E-state index is 0.452. The molecular formula is C14H18N6O2. The van der Waals surface area contributed by atoms with Crippen molar-refractivity contribution >= 4 is 17.5 Å². The number of carbonyl (C=O) groups excluding carboxylic acids is 2. The lowest BCUT2D eigenvalue weighted by molar-refractivity contribution is -0.136. The highest BCUT2D eigenvalue weighted by Crippen LogP contribution is 2.13. The standard InChI is InChI=1S/C14H18N6O2/c1-15-6-3-7-16-13(21)14(22)19-11-4-2-5-12(8-11)20-9-17-18-10-20/h2,4-5,8-10,15H,3,6-7H2,1H3,(H,16,21)(H,19,22). The molecule has 0 aliphatic rings. The van der Waals surface area contributed by atoms with Gasteiger partial charge in [0.2, 0.25) is 0 Å². The Balaban J connectivity index is 1.91. The molecule has 0 fully saturated rings. The first-order chi connectivity index (χ1) is 10.7. The van der Waals surface area contributed by atoms with Crippen molar-refractivity contribution in [2.75, 3.05) is 25.5 Å². The maximum Gasteiger partial charge on any atom is 0.313 e. The van der Waals surface area contributed by atoms with Gasteiger partial charge in [0.15, 0.2) is 0 Å². The third kappa shape index (κ3) is 4.38. The second-order valence-electron chi connectivity index (χ2n) is 4.59. The van der Waals surface area contributed by atoms with E-state index >= 15 is 0 Å². The van der Waals surface area contributed by atoms with Gasteiger partial charge < -0.3 is 16.0 Å². The van der Waals surface area contributed by atoms with Gasteiger partial charge in [0.1, 0.15) is 12.7 Å². The van der Waals surface area contributed by atoms with Crippen molar-refractivity contribution in [3.8, 4) is 5.69 Å². The van der Waals surface area contributed by atoms with Gasteiger partial charge in [0.25, 0.3) is 0 Å². The molecule has 3 N–H and O–H groups in total. The molecule has 116 valence electrons. The largest absolute Gasteiger partial charge is 0.348 e. The molecule has 2 aromatic rings. The topological polar surface area (TPSA) is 101 Å². The second kappa shape index (κ2) is 7.89. The zero-order valence-corrected chi connectivity index (χ0v) is 12.2. The average Bonchev–Trinajstić information content (AvgIpc) is 3.06. The fourth-order valence-electron chi connectivity index (χ4n) is 1.81. The highest BCUT2D eigenvalue weighted by molar-refractivity contribution is 6.39. The molecule has 8 nitrogen and oxygen atoms in total. The first-order valence-electron chi connectivity index (χ1n) is 6.89. The Labute approximate surface area is 127 Å². The van der Waals surface area contributed by atoms with E-state index < -0.39 is 11.8 Å². The van der Waals surface area contributed by atoms with Crippen molar-refractivity contribution in [1.82, 2.24) is 25.4 Å². The maximum absolute atomic E-state index is 11.8. The summed E-state index contributed by atoms with van der Waals surface area (Å²) in [5, 5.41) is 15.5. The van der Waals surface area contributed by atoms with Gasteiger partial charge in [-0.15, -0.1) is 10.2 Å². The van der Waals surface area contributed by atoms with Crippen molar-refractivity contribution in [2.24, 2.45) is 0 Å². The predicted octanol–water partition coefficient (Wildman–Crippen LogP) is -0.0685. The van der Waals surface area contributed by atoms with E-state index in [2.05, 4.69) is 26.1 Å². The van der Waals surface area contributed by atoms with Crippen LogP contribution in [0.5, 0.6) is 0 Å². The predicted molar refractivity (Wildman–Crippen MR) is 81.5 cm³/mol. The number of nitrogens with one attached hydrogen (secondary N) is 3. The lowest BCUT2D eigenvalue weighted by Gasteiger charge is -2.08. The molecule has 0 saturated carbocycles. The molecule has 1 aromatic carbocycles. The molecule has 2 amide bonds. The van der Waals surface area contributed by atoms with Crippen LogP contribution < -0.4 is 16.0 Å². The summed E-state index contributed by atoms with van der Waals surface area (Å²) < 4.78 is 1.70. The molecule has 0 spiro atoms. The third-order valence-corrected chi connectivity index (χ3v) is 2.92. The third-order valence-electron chi connectivity index (χ3n) is 2.92. The molecule has 0 bridgehead atoms. The quantitative estimate of drug-likeness (QED) is 0.512. The van der Waals surface area contributed by atoms with Gasteiger partial charge in [0.05, 0.1) is 5.69 Å². The van der Waals surface area contributed by atoms with Crippen LogP contribution >= 0.6 is 0 Å². The highest BCUT2D eigenvalue weighted by Gasteiger charge is 2.13. The molecule has 0 atom stereocenters. The van der Waals surface area contributed by atoms with E-state index in [9.17, 15) is 9.59 Å². The van der Waals surface area contributed by atoms with Crippen LogP contribution in [0.2, 0.25) is 0 Å². The Morgan fingerprint density at radius 1 is 1.14 bits per heavy atom. The van der Waals surface area contributed by atoms with Crippen LogP contribution in [-0.4, -0.2) is 46.7 Å². The van der Waals surface area contributed by atoms with E-state index in [0.717, 1.165) is 18.7 Å². The Morgan fingerprint density at radius 2 is 1.91 bits per heavy atom. The number of nitrogens with zero attached hydrogens (tertiary/aromatic N) is 3. The number of anilines is 1. The lowest BCUT2D eigenvalue weighted by Crippen LogP contribution is -2.36. The number of benzene rings is 1. The molecule has 0 aliphatic carbocycles. The Morgan fingerprint density at radius 3 is 2.64 bits per heavy atom. The van der Waals surface area contributed by atoms with Crippen LogP contribution in [0.4, 0.5) is 5.69 Å². The van der Waals surface area contributed by atoms with Gasteiger partial charge in [-0.2, -0.15) is 0 Å². The fraction of sp³-hybridized carbons (Fsp3) is 0.286. The summed E-state index contributed by atoms with van der Waals surface area (Å²) in [7, 11) is 1.83. The summed E-state index contributed by atoms with van der Waals surface area (Å²) in [4.78, 5) is 23.5. The minimum atomic E-state index is -0.689. The van der Waals surface area contributed by atoms with Crippen molar-refractivity contribution < 1.29 is 9.59 Å². The van der Waals surface area contributed by atoms with Crippen molar-refractivity contribution in [1.29, 1.82) is 0 Å². The fourth-order valence-corrected chi connectivity index (χ4v) is 1.81. The minimum Gasteiger partial charge on any atom is -0.348 e. The molecule has 1 heterocycles. The molecule has 0 aliphatic heterocycles. The number of carbonyl (C=O) groups is 2. The molecule has 0 unspecified atom stereocenters. The van der Waals surface area contributed by atoms with Gasteiger partial charge in [-0.25, -0.2) is 0 Å². The summed E-state index contributed by atoms with van der Waals surface area (Å²) >= 11 is 0. The second-order valence-corrected chi connectivity index (χ2v) is 4.59. The summed E-state index contributed by atoms with van der Waals surface area (Å²) in [5.74, 6) is -1.34. The molecular weight excluding hydrogens is 284 g/mol. The Bertz CT molecular complexity index is 626. The normalized spacial score (nSPS) is 10.2. The van der Waals surface area contributed by atoms with E-state index in [-0.39, 0.29) is 0 Å². The van der Waals surface area contributed by atoms with Crippen LogP contribution in [0.25, 0.3) is 5.69 Å². The number of hydrogen-bond donors (Lipinski definition) is 3.